The lowest BCUT2D eigenvalue weighted by atomic mass is 10.1. The third kappa shape index (κ3) is 3.92. The summed E-state index contributed by atoms with van der Waals surface area (Å²) in [6, 6.07) is 13.6. The molecule has 1 aliphatic rings. The molecular formula is C19H23FN2O2S. The normalized spacial score (nSPS) is 18.2. The zero-order valence-electron chi connectivity index (χ0n) is 14.5. The second-order valence-electron chi connectivity index (χ2n) is 6.48. The third-order valence-electron chi connectivity index (χ3n) is 4.81. The SMILES string of the molecule is Cc1ccc(S(=O)(=O)N2CCN([C@H](C)c3cccc(F)c3)CC2)cc1. The Morgan fingerprint density at radius 1 is 1.00 bits per heavy atom. The van der Waals surface area contributed by atoms with Crippen molar-refractivity contribution in [2.45, 2.75) is 24.8 Å². The summed E-state index contributed by atoms with van der Waals surface area (Å²) in [5.41, 5.74) is 1.95. The van der Waals surface area contributed by atoms with Crippen LogP contribution in [0.2, 0.25) is 0 Å². The molecule has 4 nitrogen and oxygen atoms in total. The maximum Gasteiger partial charge on any atom is 0.243 e. The Kier molecular flexibility index (Phi) is 5.22. The first-order valence-electron chi connectivity index (χ1n) is 8.44. The summed E-state index contributed by atoms with van der Waals surface area (Å²) in [5, 5.41) is 0. The van der Waals surface area contributed by atoms with Crippen molar-refractivity contribution in [3.05, 3.63) is 65.5 Å². The molecule has 1 fully saturated rings. The Morgan fingerprint density at radius 3 is 2.24 bits per heavy atom. The Morgan fingerprint density at radius 2 is 1.64 bits per heavy atom. The molecule has 0 bridgehead atoms. The highest BCUT2D eigenvalue weighted by Gasteiger charge is 2.30. The quantitative estimate of drug-likeness (QED) is 0.839. The second kappa shape index (κ2) is 7.23. The summed E-state index contributed by atoms with van der Waals surface area (Å²) < 4.78 is 40.5. The van der Waals surface area contributed by atoms with Crippen LogP contribution >= 0.6 is 0 Å². The molecule has 25 heavy (non-hydrogen) atoms. The zero-order valence-corrected chi connectivity index (χ0v) is 15.3. The van der Waals surface area contributed by atoms with Gasteiger partial charge in [-0.1, -0.05) is 29.8 Å². The molecule has 0 unspecified atom stereocenters. The topological polar surface area (TPSA) is 40.6 Å². The van der Waals surface area contributed by atoms with Gasteiger partial charge in [-0.2, -0.15) is 4.31 Å². The summed E-state index contributed by atoms with van der Waals surface area (Å²) in [6.45, 7) is 6.10. The van der Waals surface area contributed by atoms with Gasteiger partial charge in [0.1, 0.15) is 5.82 Å². The summed E-state index contributed by atoms with van der Waals surface area (Å²) in [6.07, 6.45) is 0. The highest BCUT2D eigenvalue weighted by molar-refractivity contribution is 7.89. The predicted molar refractivity (Wildman–Crippen MR) is 96.3 cm³/mol. The molecule has 0 N–H and O–H groups in total. The Labute approximate surface area is 148 Å². The number of rotatable bonds is 4. The lowest BCUT2D eigenvalue weighted by Crippen LogP contribution is -2.49. The fourth-order valence-corrected chi connectivity index (χ4v) is 4.59. The van der Waals surface area contributed by atoms with Gasteiger partial charge in [0.05, 0.1) is 4.90 Å². The van der Waals surface area contributed by atoms with Crippen LogP contribution in [-0.2, 0) is 10.0 Å². The standard InChI is InChI=1S/C19H23FN2O2S/c1-15-6-8-19(9-7-15)25(23,24)22-12-10-21(11-13-22)16(2)17-4-3-5-18(20)14-17/h3-9,14,16H,10-13H2,1-2H3/t16-/m1/s1. The predicted octanol–water partition coefficient (Wildman–Crippen LogP) is 3.20. The average Bonchev–Trinajstić information content (AvgIpc) is 2.61. The van der Waals surface area contributed by atoms with Gasteiger partial charge in [-0.25, -0.2) is 12.8 Å². The molecule has 2 aromatic carbocycles. The molecule has 3 rings (SSSR count). The smallest absolute Gasteiger partial charge is 0.243 e. The first-order valence-corrected chi connectivity index (χ1v) is 9.88. The van der Waals surface area contributed by atoms with Gasteiger partial charge >= 0.3 is 0 Å². The maximum absolute atomic E-state index is 13.4. The first-order chi connectivity index (χ1) is 11.9. The van der Waals surface area contributed by atoms with E-state index in [0.717, 1.165) is 11.1 Å². The molecule has 0 saturated carbocycles. The number of benzene rings is 2. The molecular weight excluding hydrogens is 339 g/mol. The van der Waals surface area contributed by atoms with Crippen LogP contribution < -0.4 is 0 Å². The van der Waals surface area contributed by atoms with E-state index in [0.29, 0.717) is 31.1 Å². The molecule has 0 spiro atoms. The van der Waals surface area contributed by atoms with Crippen molar-refractivity contribution in [2.75, 3.05) is 26.2 Å². The number of sulfonamides is 1. The molecule has 1 saturated heterocycles. The van der Waals surface area contributed by atoms with Crippen LogP contribution in [0.3, 0.4) is 0 Å². The van der Waals surface area contributed by atoms with Crippen molar-refractivity contribution in [1.82, 2.24) is 9.21 Å². The van der Waals surface area contributed by atoms with E-state index in [1.165, 1.54) is 10.4 Å². The van der Waals surface area contributed by atoms with Crippen molar-refractivity contribution in [3.63, 3.8) is 0 Å². The molecule has 0 aromatic heterocycles. The van der Waals surface area contributed by atoms with Crippen molar-refractivity contribution in [1.29, 1.82) is 0 Å². The average molecular weight is 362 g/mol. The Bertz CT molecular complexity index is 829. The minimum Gasteiger partial charge on any atom is -0.294 e. The lowest BCUT2D eigenvalue weighted by molar-refractivity contribution is 0.145. The van der Waals surface area contributed by atoms with Gasteiger partial charge in [0.2, 0.25) is 10.0 Å². The molecule has 2 aromatic rings. The summed E-state index contributed by atoms with van der Waals surface area (Å²) in [7, 11) is -3.45. The molecule has 0 amide bonds. The zero-order chi connectivity index (χ0) is 18.0. The Hall–Kier alpha value is -1.76. The van der Waals surface area contributed by atoms with E-state index >= 15 is 0 Å². The molecule has 0 aliphatic carbocycles. The van der Waals surface area contributed by atoms with Crippen LogP contribution in [0.1, 0.15) is 24.1 Å². The van der Waals surface area contributed by atoms with E-state index in [-0.39, 0.29) is 11.9 Å². The van der Waals surface area contributed by atoms with Crippen molar-refractivity contribution >= 4 is 10.0 Å². The summed E-state index contributed by atoms with van der Waals surface area (Å²) in [4.78, 5) is 2.53. The van der Waals surface area contributed by atoms with Crippen LogP contribution in [0.25, 0.3) is 0 Å². The van der Waals surface area contributed by atoms with E-state index in [1.54, 1.807) is 24.3 Å². The molecule has 1 aliphatic heterocycles. The van der Waals surface area contributed by atoms with Crippen molar-refractivity contribution in [3.8, 4) is 0 Å². The number of aryl methyl sites for hydroxylation is 1. The molecule has 1 atom stereocenters. The number of piperazine rings is 1. The summed E-state index contributed by atoms with van der Waals surface area (Å²) >= 11 is 0. The van der Waals surface area contributed by atoms with Crippen LogP contribution in [0.4, 0.5) is 4.39 Å². The fraction of sp³-hybridized carbons (Fsp3) is 0.368. The number of hydrogen-bond acceptors (Lipinski definition) is 3. The van der Waals surface area contributed by atoms with Crippen LogP contribution in [-0.4, -0.2) is 43.8 Å². The van der Waals surface area contributed by atoms with E-state index in [2.05, 4.69) is 4.90 Å². The maximum atomic E-state index is 13.4. The molecule has 6 heteroatoms. The molecule has 1 heterocycles. The van der Waals surface area contributed by atoms with Gasteiger partial charge in [-0.3, -0.25) is 4.90 Å². The third-order valence-corrected chi connectivity index (χ3v) is 6.72. The van der Waals surface area contributed by atoms with Crippen LogP contribution in [0.5, 0.6) is 0 Å². The van der Waals surface area contributed by atoms with E-state index in [4.69, 9.17) is 0 Å². The minimum absolute atomic E-state index is 0.0555. The van der Waals surface area contributed by atoms with Gasteiger partial charge in [0.15, 0.2) is 0 Å². The van der Waals surface area contributed by atoms with E-state index < -0.39 is 10.0 Å². The van der Waals surface area contributed by atoms with Crippen LogP contribution in [0, 0.1) is 12.7 Å². The number of halogens is 1. The van der Waals surface area contributed by atoms with Gasteiger partial charge in [0, 0.05) is 32.2 Å². The van der Waals surface area contributed by atoms with Crippen molar-refractivity contribution < 1.29 is 12.8 Å². The largest absolute Gasteiger partial charge is 0.294 e. The van der Waals surface area contributed by atoms with Gasteiger partial charge < -0.3 is 0 Å². The molecule has 134 valence electrons. The van der Waals surface area contributed by atoms with Gasteiger partial charge in [-0.15, -0.1) is 0 Å². The second-order valence-corrected chi connectivity index (χ2v) is 8.42. The number of hydrogen-bond donors (Lipinski definition) is 0. The van der Waals surface area contributed by atoms with Crippen LogP contribution in [0.15, 0.2) is 53.4 Å². The van der Waals surface area contributed by atoms with Gasteiger partial charge in [-0.05, 0) is 43.7 Å². The monoisotopic (exact) mass is 362 g/mol. The first kappa shape index (κ1) is 18.0. The highest BCUT2D eigenvalue weighted by Crippen LogP contribution is 2.24. The molecule has 0 radical (unpaired) electrons. The fourth-order valence-electron chi connectivity index (χ4n) is 3.17. The van der Waals surface area contributed by atoms with Gasteiger partial charge in [0.25, 0.3) is 0 Å². The Balaban J connectivity index is 1.68. The number of nitrogens with zero attached hydrogens (tertiary/aromatic N) is 2. The summed E-state index contributed by atoms with van der Waals surface area (Å²) in [5.74, 6) is -0.245. The lowest BCUT2D eigenvalue weighted by Gasteiger charge is -2.37. The minimum atomic E-state index is -3.45. The highest BCUT2D eigenvalue weighted by atomic mass is 32.2. The van der Waals surface area contributed by atoms with E-state index in [1.807, 2.05) is 32.0 Å². The van der Waals surface area contributed by atoms with E-state index in [9.17, 15) is 12.8 Å². The van der Waals surface area contributed by atoms with Crippen molar-refractivity contribution in [2.24, 2.45) is 0 Å².